The number of carboxylic acid groups (broad SMARTS) is 1. The monoisotopic (exact) mass is 546 g/mol. The van der Waals surface area contributed by atoms with E-state index in [0.29, 0.717) is 12.8 Å². The van der Waals surface area contributed by atoms with Crippen LogP contribution < -0.4 is 0 Å². The molecule has 39 heavy (non-hydrogen) atoms. The quantitative estimate of drug-likeness (QED) is 0.0575. The van der Waals surface area contributed by atoms with E-state index >= 15 is 0 Å². The Morgan fingerprint density at radius 3 is 1.67 bits per heavy atom. The van der Waals surface area contributed by atoms with Crippen LogP contribution in [0.25, 0.3) is 0 Å². The van der Waals surface area contributed by atoms with Gasteiger partial charge in [0.2, 0.25) is 0 Å². The van der Waals surface area contributed by atoms with Crippen molar-refractivity contribution in [2.75, 3.05) is 0 Å². The summed E-state index contributed by atoms with van der Waals surface area (Å²) < 4.78 is 5.54. The van der Waals surface area contributed by atoms with Crippen molar-refractivity contribution in [1.29, 1.82) is 0 Å². The fourth-order valence-electron chi connectivity index (χ4n) is 4.74. The van der Waals surface area contributed by atoms with Gasteiger partial charge in [-0.3, -0.25) is 9.59 Å². The van der Waals surface area contributed by atoms with E-state index in [1.165, 1.54) is 77.0 Å². The third kappa shape index (κ3) is 30.6. The third-order valence-corrected chi connectivity index (χ3v) is 7.11. The second-order valence-electron chi connectivity index (χ2n) is 11.0. The highest BCUT2D eigenvalue weighted by molar-refractivity contribution is 5.71. The van der Waals surface area contributed by atoms with Crippen molar-refractivity contribution < 1.29 is 19.4 Å². The lowest BCUT2D eigenvalue weighted by Gasteiger charge is -2.16. The summed E-state index contributed by atoms with van der Waals surface area (Å²) in [6, 6.07) is 0. The smallest absolute Gasteiger partial charge is 0.307 e. The van der Waals surface area contributed by atoms with Gasteiger partial charge in [0.15, 0.2) is 0 Å². The molecular formula is C35H62O4. The Hall–Kier alpha value is -1.84. The summed E-state index contributed by atoms with van der Waals surface area (Å²) in [7, 11) is 0. The molecule has 0 aromatic rings. The van der Waals surface area contributed by atoms with E-state index in [-0.39, 0.29) is 12.4 Å². The first-order valence-corrected chi connectivity index (χ1v) is 16.5. The minimum Gasteiger partial charge on any atom is -0.481 e. The molecule has 0 aromatic carbocycles. The van der Waals surface area contributed by atoms with Gasteiger partial charge in [0, 0.05) is 6.42 Å². The van der Waals surface area contributed by atoms with E-state index in [1.54, 1.807) is 0 Å². The molecule has 0 fully saturated rings. The van der Waals surface area contributed by atoms with Crippen LogP contribution in [-0.4, -0.2) is 23.1 Å². The molecule has 0 aliphatic rings. The summed E-state index contributed by atoms with van der Waals surface area (Å²) in [5, 5.41) is 9.20. The predicted molar refractivity (Wildman–Crippen MR) is 167 cm³/mol. The zero-order valence-electron chi connectivity index (χ0n) is 25.7. The predicted octanol–water partition coefficient (Wildman–Crippen LogP) is 11.1. The van der Waals surface area contributed by atoms with Gasteiger partial charge in [0.05, 0.1) is 6.42 Å². The lowest BCUT2D eigenvalue weighted by molar-refractivity contribution is -0.153. The van der Waals surface area contributed by atoms with Crippen molar-refractivity contribution in [3.63, 3.8) is 0 Å². The zero-order chi connectivity index (χ0) is 28.7. The normalized spacial score (nSPS) is 12.7. The molecule has 1 atom stereocenters. The fraction of sp³-hybridized carbons (Fsp3) is 0.771. The van der Waals surface area contributed by atoms with Gasteiger partial charge in [-0.05, 0) is 51.4 Å². The molecule has 0 spiro atoms. The Morgan fingerprint density at radius 2 is 1.10 bits per heavy atom. The molecule has 0 aromatic heterocycles. The number of unbranched alkanes of at least 4 members (excludes halogenated alkanes) is 16. The minimum atomic E-state index is -0.888. The Morgan fingerprint density at radius 1 is 0.615 bits per heavy atom. The molecule has 0 saturated carbocycles. The first-order valence-electron chi connectivity index (χ1n) is 16.5. The molecule has 226 valence electrons. The van der Waals surface area contributed by atoms with E-state index < -0.39 is 12.1 Å². The van der Waals surface area contributed by atoms with Crippen LogP contribution in [0.3, 0.4) is 0 Å². The van der Waals surface area contributed by atoms with Gasteiger partial charge in [-0.15, -0.1) is 0 Å². The molecule has 0 heterocycles. The molecular weight excluding hydrogens is 484 g/mol. The number of carboxylic acids is 1. The van der Waals surface area contributed by atoms with Crippen LogP contribution in [0, 0.1) is 0 Å². The van der Waals surface area contributed by atoms with Crippen LogP contribution in [0.2, 0.25) is 0 Å². The average Bonchev–Trinajstić information content (AvgIpc) is 2.91. The van der Waals surface area contributed by atoms with Gasteiger partial charge in [-0.1, -0.05) is 140 Å². The van der Waals surface area contributed by atoms with Gasteiger partial charge in [-0.25, -0.2) is 0 Å². The van der Waals surface area contributed by atoms with Crippen LogP contribution in [0.4, 0.5) is 0 Å². The van der Waals surface area contributed by atoms with Crippen molar-refractivity contribution >= 4 is 11.9 Å². The summed E-state index contributed by atoms with van der Waals surface area (Å²) in [4.78, 5) is 23.5. The summed E-state index contributed by atoms with van der Waals surface area (Å²) in [6.45, 7) is 4.41. The van der Waals surface area contributed by atoms with Gasteiger partial charge < -0.3 is 9.84 Å². The van der Waals surface area contributed by atoms with Gasteiger partial charge >= 0.3 is 11.9 Å². The molecule has 4 heteroatoms. The first-order chi connectivity index (χ1) is 19.1. The molecule has 0 rings (SSSR count). The van der Waals surface area contributed by atoms with Crippen molar-refractivity contribution in [3.05, 3.63) is 36.5 Å². The molecule has 0 saturated heterocycles. The van der Waals surface area contributed by atoms with Crippen molar-refractivity contribution in [2.24, 2.45) is 0 Å². The fourth-order valence-corrected chi connectivity index (χ4v) is 4.74. The van der Waals surface area contributed by atoms with Gasteiger partial charge in [0.25, 0.3) is 0 Å². The molecule has 0 aliphatic carbocycles. The zero-order valence-corrected chi connectivity index (χ0v) is 25.7. The average molecular weight is 547 g/mol. The van der Waals surface area contributed by atoms with Crippen LogP contribution in [-0.2, 0) is 14.3 Å². The van der Waals surface area contributed by atoms with E-state index in [2.05, 4.69) is 50.3 Å². The SMILES string of the molecule is CC/C=C\C/C=C\C/C=C\CCCCCCCC(=O)OC(CCCCCCCCCCCCCC)CC(=O)O. The number of hydrogen-bond acceptors (Lipinski definition) is 3. The second kappa shape index (κ2) is 30.7. The van der Waals surface area contributed by atoms with E-state index in [1.807, 2.05) is 0 Å². The van der Waals surface area contributed by atoms with Crippen LogP contribution in [0.15, 0.2) is 36.5 Å². The lowest BCUT2D eigenvalue weighted by atomic mass is 10.0. The largest absolute Gasteiger partial charge is 0.481 e. The Balaban J connectivity index is 3.74. The summed E-state index contributed by atoms with van der Waals surface area (Å²) in [5.41, 5.74) is 0. The molecule has 0 amide bonds. The number of allylic oxidation sites excluding steroid dienone is 6. The van der Waals surface area contributed by atoms with Crippen LogP contribution in [0.1, 0.15) is 168 Å². The lowest BCUT2D eigenvalue weighted by Crippen LogP contribution is -2.21. The number of ether oxygens (including phenoxy) is 1. The second-order valence-corrected chi connectivity index (χ2v) is 11.0. The standard InChI is InChI=1S/C35H62O4/c1-3-5-7-9-11-13-15-17-18-19-21-23-25-27-29-31-35(38)39-33(32-34(36)37)30-28-26-24-22-20-16-14-12-10-8-6-4-2/h5,7,11,13,17-18,33H,3-4,6,8-10,12,14-16,19-32H2,1-2H3,(H,36,37)/b7-5-,13-11-,18-17-. The van der Waals surface area contributed by atoms with Crippen LogP contribution >= 0.6 is 0 Å². The number of hydrogen-bond donors (Lipinski definition) is 1. The topological polar surface area (TPSA) is 63.6 Å². The van der Waals surface area contributed by atoms with Crippen molar-refractivity contribution in [2.45, 2.75) is 174 Å². The summed E-state index contributed by atoms with van der Waals surface area (Å²) >= 11 is 0. The van der Waals surface area contributed by atoms with Crippen LogP contribution in [0.5, 0.6) is 0 Å². The Kier molecular flexibility index (Phi) is 29.2. The maximum Gasteiger partial charge on any atom is 0.307 e. The number of carbonyl (C=O) groups excluding carboxylic acids is 1. The first kappa shape index (κ1) is 37.2. The highest BCUT2D eigenvalue weighted by Crippen LogP contribution is 2.16. The number of esters is 1. The van der Waals surface area contributed by atoms with E-state index in [0.717, 1.165) is 57.8 Å². The Labute approximate surface area is 241 Å². The number of rotatable bonds is 29. The summed E-state index contributed by atoms with van der Waals surface area (Å²) in [6.07, 6.45) is 38.7. The molecule has 1 unspecified atom stereocenters. The maximum atomic E-state index is 12.3. The number of carbonyl (C=O) groups is 2. The Bertz CT molecular complexity index is 635. The molecule has 0 bridgehead atoms. The molecule has 4 nitrogen and oxygen atoms in total. The highest BCUT2D eigenvalue weighted by atomic mass is 16.5. The number of aliphatic carboxylic acids is 1. The maximum absolute atomic E-state index is 12.3. The highest BCUT2D eigenvalue weighted by Gasteiger charge is 2.17. The minimum absolute atomic E-state index is 0.0804. The van der Waals surface area contributed by atoms with Gasteiger partial charge in [-0.2, -0.15) is 0 Å². The van der Waals surface area contributed by atoms with E-state index in [9.17, 15) is 14.7 Å². The van der Waals surface area contributed by atoms with Crippen molar-refractivity contribution in [1.82, 2.24) is 0 Å². The van der Waals surface area contributed by atoms with E-state index in [4.69, 9.17) is 4.74 Å². The van der Waals surface area contributed by atoms with Crippen molar-refractivity contribution in [3.8, 4) is 0 Å². The molecule has 0 aliphatic heterocycles. The third-order valence-electron chi connectivity index (χ3n) is 7.11. The molecule has 0 radical (unpaired) electrons. The van der Waals surface area contributed by atoms with Gasteiger partial charge in [0.1, 0.15) is 6.10 Å². The molecule has 1 N–H and O–H groups in total. The summed E-state index contributed by atoms with van der Waals surface area (Å²) in [5.74, 6) is -1.12.